The van der Waals surface area contributed by atoms with Gasteiger partial charge in [-0.25, -0.2) is 0 Å². The molecule has 0 saturated carbocycles. The standard InChI is InChI=1S/C20H15NO3S3/c22-18(23)7-4-10-21-19(24)17(27-20(21)25)12-16-11-15(13-26-16)9-8-14-5-2-1-3-6-14/h1-3,5-6,11-13H,4,7,10H2,(H,22,23). The summed E-state index contributed by atoms with van der Waals surface area (Å²) in [5, 5.41) is 10.7. The molecule has 0 aliphatic carbocycles. The average molecular weight is 414 g/mol. The van der Waals surface area contributed by atoms with Crippen molar-refractivity contribution in [3.8, 4) is 11.8 Å². The fraction of sp³-hybridized carbons (Fsp3) is 0.150. The summed E-state index contributed by atoms with van der Waals surface area (Å²) in [5.41, 5.74) is 1.85. The highest BCUT2D eigenvalue weighted by molar-refractivity contribution is 8.26. The minimum Gasteiger partial charge on any atom is -0.481 e. The lowest BCUT2D eigenvalue weighted by atomic mass is 10.2. The van der Waals surface area contributed by atoms with Gasteiger partial charge in [0.05, 0.1) is 4.91 Å². The monoisotopic (exact) mass is 413 g/mol. The largest absolute Gasteiger partial charge is 0.481 e. The zero-order chi connectivity index (χ0) is 19.2. The molecule has 2 heterocycles. The van der Waals surface area contributed by atoms with E-state index in [0.717, 1.165) is 16.0 Å². The first kappa shape index (κ1) is 19.4. The molecule has 1 fully saturated rings. The second-order valence-electron chi connectivity index (χ2n) is 5.68. The third-order valence-electron chi connectivity index (χ3n) is 3.66. The molecule has 0 spiro atoms. The van der Waals surface area contributed by atoms with Crippen LogP contribution in [0.15, 0.2) is 46.7 Å². The first-order valence-corrected chi connectivity index (χ1v) is 10.3. The molecule has 1 saturated heterocycles. The maximum Gasteiger partial charge on any atom is 0.303 e. The molecule has 0 atom stereocenters. The normalized spacial score (nSPS) is 15.1. The maximum absolute atomic E-state index is 12.5. The molecule has 1 aliphatic rings. The number of carbonyl (C=O) groups excluding carboxylic acids is 1. The number of carboxylic acids is 1. The van der Waals surface area contributed by atoms with Crippen LogP contribution in [0, 0.1) is 11.8 Å². The van der Waals surface area contributed by atoms with Crippen molar-refractivity contribution in [2.24, 2.45) is 0 Å². The summed E-state index contributed by atoms with van der Waals surface area (Å²) in [6.45, 7) is 0.326. The minimum absolute atomic E-state index is 0.0183. The topological polar surface area (TPSA) is 57.6 Å². The average Bonchev–Trinajstić information content (AvgIpc) is 3.20. The van der Waals surface area contributed by atoms with E-state index in [1.165, 1.54) is 28.0 Å². The van der Waals surface area contributed by atoms with Crippen LogP contribution in [-0.4, -0.2) is 32.7 Å². The Balaban J connectivity index is 1.68. The number of hydrogen-bond donors (Lipinski definition) is 1. The summed E-state index contributed by atoms with van der Waals surface area (Å²) < 4.78 is 0.470. The van der Waals surface area contributed by atoms with Crippen molar-refractivity contribution in [2.75, 3.05) is 6.54 Å². The first-order chi connectivity index (χ1) is 13.0. The first-order valence-electron chi connectivity index (χ1n) is 8.16. The molecule has 3 rings (SSSR count). The van der Waals surface area contributed by atoms with Gasteiger partial charge < -0.3 is 5.11 Å². The van der Waals surface area contributed by atoms with E-state index in [1.807, 2.05) is 47.9 Å². The lowest BCUT2D eigenvalue weighted by Gasteiger charge is -2.13. The van der Waals surface area contributed by atoms with Gasteiger partial charge in [0.2, 0.25) is 0 Å². The number of nitrogens with zero attached hydrogens (tertiary/aromatic N) is 1. The Kier molecular flexibility index (Phi) is 6.45. The highest BCUT2D eigenvalue weighted by atomic mass is 32.2. The Hall–Kier alpha value is -2.40. The Bertz CT molecular complexity index is 967. The number of benzene rings is 1. The molecule has 1 N–H and O–H groups in total. The number of amides is 1. The Morgan fingerprint density at radius 1 is 1.22 bits per heavy atom. The van der Waals surface area contributed by atoms with E-state index < -0.39 is 5.97 Å². The van der Waals surface area contributed by atoms with Gasteiger partial charge in [-0.3, -0.25) is 14.5 Å². The van der Waals surface area contributed by atoms with Crippen molar-refractivity contribution in [1.29, 1.82) is 0 Å². The van der Waals surface area contributed by atoms with Crippen molar-refractivity contribution in [2.45, 2.75) is 12.8 Å². The van der Waals surface area contributed by atoms with Gasteiger partial charge in [-0.1, -0.05) is 54.0 Å². The molecule has 4 nitrogen and oxygen atoms in total. The van der Waals surface area contributed by atoms with Crippen LogP contribution >= 0.6 is 35.3 Å². The van der Waals surface area contributed by atoms with E-state index in [0.29, 0.717) is 22.2 Å². The molecule has 7 heteroatoms. The molecule has 27 heavy (non-hydrogen) atoms. The number of carbonyl (C=O) groups is 2. The number of carboxylic acid groups (broad SMARTS) is 1. The molecular weight excluding hydrogens is 398 g/mol. The maximum atomic E-state index is 12.5. The van der Waals surface area contributed by atoms with Gasteiger partial charge in [0.15, 0.2) is 0 Å². The number of thioether (sulfide) groups is 1. The molecule has 1 aromatic carbocycles. The summed E-state index contributed by atoms with van der Waals surface area (Å²) >= 11 is 8.01. The molecule has 0 unspecified atom stereocenters. The van der Waals surface area contributed by atoms with E-state index in [2.05, 4.69) is 11.8 Å². The van der Waals surface area contributed by atoms with Crippen LogP contribution in [0.3, 0.4) is 0 Å². The van der Waals surface area contributed by atoms with Crippen LogP contribution in [0.2, 0.25) is 0 Å². The van der Waals surface area contributed by atoms with Crippen LogP contribution in [0.5, 0.6) is 0 Å². The molecule has 1 amide bonds. The van der Waals surface area contributed by atoms with Crippen molar-refractivity contribution in [1.82, 2.24) is 4.90 Å². The van der Waals surface area contributed by atoms with Gasteiger partial charge in [-0.2, -0.15) is 0 Å². The number of aliphatic carboxylic acids is 1. The fourth-order valence-electron chi connectivity index (χ4n) is 2.37. The molecule has 0 radical (unpaired) electrons. The number of hydrogen-bond acceptors (Lipinski definition) is 5. The van der Waals surface area contributed by atoms with Gasteiger partial charge >= 0.3 is 5.97 Å². The highest BCUT2D eigenvalue weighted by Gasteiger charge is 2.31. The van der Waals surface area contributed by atoms with Crippen molar-refractivity contribution in [3.05, 3.63) is 62.7 Å². The van der Waals surface area contributed by atoms with Gasteiger partial charge in [-0.15, -0.1) is 11.3 Å². The van der Waals surface area contributed by atoms with E-state index >= 15 is 0 Å². The van der Waals surface area contributed by atoms with Crippen molar-refractivity contribution in [3.63, 3.8) is 0 Å². The van der Waals surface area contributed by atoms with Gasteiger partial charge in [0.1, 0.15) is 4.32 Å². The predicted octanol–water partition coefficient (Wildman–Crippen LogP) is 4.21. The number of thiocarbonyl (C=S) groups is 1. The lowest BCUT2D eigenvalue weighted by Crippen LogP contribution is -2.29. The smallest absolute Gasteiger partial charge is 0.303 e. The summed E-state index contributed by atoms with van der Waals surface area (Å²) in [5.74, 6) is 5.19. The quantitative estimate of drug-likeness (QED) is 0.452. The van der Waals surface area contributed by atoms with Gasteiger partial charge in [0.25, 0.3) is 5.91 Å². The predicted molar refractivity (Wildman–Crippen MR) is 113 cm³/mol. The van der Waals surface area contributed by atoms with Crippen LogP contribution < -0.4 is 0 Å². The molecule has 1 aliphatic heterocycles. The molecule has 136 valence electrons. The van der Waals surface area contributed by atoms with E-state index in [4.69, 9.17) is 17.3 Å². The zero-order valence-electron chi connectivity index (χ0n) is 14.2. The van der Waals surface area contributed by atoms with Crippen molar-refractivity contribution >= 4 is 57.6 Å². The summed E-state index contributed by atoms with van der Waals surface area (Å²) in [4.78, 5) is 26.1. The zero-order valence-corrected chi connectivity index (χ0v) is 16.6. The van der Waals surface area contributed by atoms with E-state index in [1.54, 1.807) is 0 Å². The minimum atomic E-state index is -0.876. The number of thiophene rings is 1. The van der Waals surface area contributed by atoms with E-state index in [9.17, 15) is 9.59 Å². The highest BCUT2D eigenvalue weighted by Crippen LogP contribution is 2.33. The molecule has 1 aromatic heterocycles. The van der Waals surface area contributed by atoms with Crippen LogP contribution in [0.1, 0.15) is 28.8 Å². The second kappa shape index (κ2) is 9.00. The van der Waals surface area contributed by atoms with Crippen LogP contribution in [0.25, 0.3) is 6.08 Å². The Labute approximate surface area is 170 Å². The second-order valence-corrected chi connectivity index (χ2v) is 8.30. The Morgan fingerprint density at radius 3 is 2.70 bits per heavy atom. The van der Waals surface area contributed by atoms with Gasteiger partial charge in [0, 0.05) is 34.3 Å². The SMILES string of the molecule is O=C(O)CCCN1C(=O)C(=Cc2cc(C#Cc3ccccc3)cs2)SC1=S. The lowest BCUT2D eigenvalue weighted by molar-refractivity contribution is -0.137. The fourth-order valence-corrected chi connectivity index (χ4v) is 4.52. The van der Waals surface area contributed by atoms with Crippen molar-refractivity contribution < 1.29 is 14.7 Å². The summed E-state index contributed by atoms with van der Waals surface area (Å²) in [6, 6.07) is 11.7. The van der Waals surface area contributed by atoms with Crippen LogP contribution in [0.4, 0.5) is 0 Å². The third-order valence-corrected chi connectivity index (χ3v) is 5.92. The Morgan fingerprint density at radius 2 is 1.96 bits per heavy atom. The summed E-state index contributed by atoms with van der Waals surface area (Å²) in [6.07, 6.45) is 2.21. The third kappa shape index (κ3) is 5.30. The van der Waals surface area contributed by atoms with Gasteiger partial charge in [-0.05, 0) is 30.7 Å². The van der Waals surface area contributed by atoms with E-state index in [-0.39, 0.29) is 12.3 Å². The molecule has 2 aromatic rings. The van der Waals surface area contributed by atoms with Crippen LogP contribution in [-0.2, 0) is 9.59 Å². The molecular formula is C20H15NO3S3. The summed E-state index contributed by atoms with van der Waals surface area (Å²) in [7, 11) is 0. The molecule has 0 bridgehead atoms. The number of rotatable bonds is 5.